The zero-order valence-corrected chi connectivity index (χ0v) is 19.3. The highest BCUT2D eigenvalue weighted by atomic mass is 19.3. The first-order valence-electron chi connectivity index (χ1n) is 11.2. The third-order valence-electron chi connectivity index (χ3n) is 6.16. The van der Waals surface area contributed by atoms with Crippen LogP contribution in [0.5, 0.6) is 0 Å². The number of pyridine rings is 1. The molecule has 0 saturated carbocycles. The lowest BCUT2D eigenvalue weighted by molar-refractivity contribution is -0.124. The van der Waals surface area contributed by atoms with Crippen LogP contribution in [0.25, 0.3) is 10.9 Å². The first-order chi connectivity index (χ1) is 16.3. The van der Waals surface area contributed by atoms with E-state index in [0.29, 0.717) is 34.9 Å². The molecule has 10 heteroatoms. The first-order valence-corrected chi connectivity index (χ1v) is 11.2. The van der Waals surface area contributed by atoms with Crippen LogP contribution in [-0.2, 0) is 4.79 Å². The minimum absolute atomic E-state index is 0.00804. The van der Waals surface area contributed by atoms with E-state index >= 15 is 0 Å². The molecule has 3 heterocycles. The number of piperidine rings is 1. The molecule has 3 aromatic rings. The number of fused-ring (bicyclic) bond motifs is 1. The second-order valence-corrected chi connectivity index (χ2v) is 8.50. The van der Waals surface area contributed by atoms with Crippen LogP contribution in [0.4, 0.5) is 24.8 Å². The molecule has 34 heavy (non-hydrogen) atoms. The molecule has 2 N–H and O–H groups in total. The van der Waals surface area contributed by atoms with Crippen molar-refractivity contribution in [3.63, 3.8) is 0 Å². The number of halogens is 3. The molecular formula is C24H27F3N6O. The maximum atomic E-state index is 14.7. The number of anilines is 2. The average molecular weight is 473 g/mol. The lowest BCUT2D eigenvalue weighted by Crippen LogP contribution is -2.42. The van der Waals surface area contributed by atoms with Gasteiger partial charge in [-0.25, -0.2) is 28.1 Å². The van der Waals surface area contributed by atoms with Crippen molar-refractivity contribution in [1.29, 1.82) is 0 Å². The average Bonchev–Trinajstić information content (AvgIpc) is 2.83. The van der Waals surface area contributed by atoms with E-state index in [1.165, 1.54) is 12.1 Å². The van der Waals surface area contributed by atoms with E-state index in [1.54, 1.807) is 27.1 Å². The summed E-state index contributed by atoms with van der Waals surface area (Å²) in [5.41, 5.74) is 0.102. The van der Waals surface area contributed by atoms with Crippen molar-refractivity contribution in [3.05, 3.63) is 53.2 Å². The number of carbonyl (C=O) groups excluding carboxylic acids is 1. The fraction of sp³-hybridized carbons (Fsp3) is 0.417. The number of nitrogens with zero attached hydrogens (tertiary/aromatic N) is 4. The Morgan fingerprint density at radius 1 is 1.24 bits per heavy atom. The molecule has 0 bridgehead atoms. The van der Waals surface area contributed by atoms with E-state index in [2.05, 4.69) is 30.5 Å². The first kappa shape index (κ1) is 23.7. The molecule has 1 aliphatic heterocycles. The van der Waals surface area contributed by atoms with Gasteiger partial charge in [0.15, 0.2) is 0 Å². The van der Waals surface area contributed by atoms with Crippen molar-refractivity contribution >= 4 is 28.4 Å². The van der Waals surface area contributed by atoms with Crippen molar-refractivity contribution in [2.45, 2.75) is 39.2 Å². The van der Waals surface area contributed by atoms with Gasteiger partial charge >= 0.3 is 0 Å². The van der Waals surface area contributed by atoms with Gasteiger partial charge in [-0.1, -0.05) is 18.2 Å². The van der Waals surface area contributed by atoms with Crippen LogP contribution in [-0.4, -0.2) is 41.0 Å². The van der Waals surface area contributed by atoms with E-state index in [1.807, 2.05) is 6.07 Å². The molecule has 0 radical (unpaired) electrons. The summed E-state index contributed by atoms with van der Waals surface area (Å²) in [4.78, 5) is 27.7. The fourth-order valence-corrected chi connectivity index (χ4v) is 4.38. The van der Waals surface area contributed by atoms with Crippen LogP contribution in [0, 0.1) is 18.7 Å². The molecule has 1 amide bonds. The molecule has 1 saturated heterocycles. The van der Waals surface area contributed by atoms with Crippen LogP contribution in [0.3, 0.4) is 0 Å². The predicted molar refractivity (Wildman–Crippen MR) is 124 cm³/mol. The number of alkyl halides is 2. The second-order valence-electron chi connectivity index (χ2n) is 8.50. The number of carbonyl (C=O) groups is 1. The van der Waals surface area contributed by atoms with Crippen molar-refractivity contribution in [2.75, 3.05) is 30.4 Å². The van der Waals surface area contributed by atoms with Crippen LogP contribution < -0.4 is 15.5 Å². The summed E-state index contributed by atoms with van der Waals surface area (Å²) in [7, 11) is 1.63. The van der Waals surface area contributed by atoms with Gasteiger partial charge in [-0.3, -0.25) is 4.79 Å². The zero-order chi connectivity index (χ0) is 24.4. The number of aromatic nitrogens is 3. The summed E-state index contributed by atoms with van der Waals surface area (Å²) in [5.74, 6) is 0.608. The maximum Gasteiger partial charge on any atom is 0.266 e. The van der Waals surface area contributed by atoms with Crippen LogP contribution in [0.15, 0.2) is 30.5 Å². The highest BCUT2D eigenvalue weighted by Crippen LogP contribution is 2.32. The monoisotopic (exact) mass is 472 g/mol. The van der Waals surface area contributed by atoms with Gasteiger partial charge in [0.2, 0.25) is 5.91 Å². The number of aryl methyl sites for hydroxylation is 1. The lowest BCUT2D eigenvalue weighted by atomic mass is 9.97. The molecule has 1 aromatic carbocycles. The molecule has 0 spiro atoms. The number of amides is 1. The van der Waals surface area contributed by atoms with E-state index in [4.69, 9.17) is 0 Å². The van der Waals surface area contributed by atoms with Crippen molar-refractivity contribution < 1.29 is 18.0 Å². The SMILES string of the molecule is CNC(=O)[C@@H]1CCCN(c2cc3c(N[C@H](C)c4cccc(C(F)F)c4F)nc(C)nc3cn2)C1. The minimum atomic E-state index is -2.90. The Morgan fingerprint density at radius 2 is 2.00 bits per heavy atom. The zero-order valence-electron chi connectivity index (χ0n) is 19.3. The lowest BCUT2D eigenvalue weighted by Gasteiger charge is -2.32. The summed E-state index contributed by atoms with van der Waals surface area (Å²) in [5, 5.41) is 6.56. The van der Waals surface area contributed by atoms with E-state index in [0.717, 1.165) is 25.5 Å². The minimum Gasteiger partial charge on any atom is -0.363 e. The molecule has 1 fully saturated rings. The van der Waals surface area contributed by atoms with E-state index in [9.17, 15) is 18.0 Å². The van der Waals surface area contributed by atoms with Gasteiger partial charge in [-0.05, 0) is 32.8 Å². The largest absolute Gasteiger partial charge is 0.363 e. The number of hydrogen-bond acceptors (Lipinski definition) is 6. The van der Waals surface area contributed by atoms with Gasteiger partial charge in [-0.2, -0.15) is 0 Å². The summed E-state index contributed by atoms with van der Waals surface area (Å²) in [6.45, 7) is 4.75. The number of hydrogen-bond donors (Lipinski definition) is 2. The second kappa shape index (κ2) is 9.82. The summed E-state index contributed by atoms with van der Waals surface area (Å²) in [6.07, 6.45) is 0.437. The van der Waals surface area contributed by atoms with Gasteiger partial charge in [0, 0.05) is 31.1 Å². The van der Waals surface area contributed by atoms with Crippen molar-refractivity contribution in [3.8, 4) is 0 Å². The highest BCUT2D eigenvalue weighted by molar-refractivity contribution is 5.90. The van der Waals surface area contributed by atoms with Gasteiger partial charge in [0.1, 0.15) is 23.3 Å². The Hall–Kier alpha value is -3.43. The number of rotatable bonds is 6. The number of nitrogens with one attached hydrogen (secondary N) is 2. The molecule has 0 aliphatic carbocycles. The third kappa shape index (κ3) is 4.76. The van der Waals surface area contributed by atoms with Crippen molar-refractivity contribution in [1.82, 2.24) is 20.3 Å². The molecule has 180 valence electrons. The number of benzene rings is 1. The van der Waals surface area contributed by atoms with Crippen molar-refractivity contribution in [2.24, 2.45) is 5.92 Å². The Balaban J connectivity index is 1.67. The smallest absolute Gasteiger partial charge is 0.266 e. The van der Waals surface area contributed by atoms with Crippen LogP contribution in [0.2, 0.25) is 0 Å². The van der Waals surface area contributed by atoms with Gasteiger partial charge < -0.3 is 15.5 Å². The standard InChI is InChI=1S/C24H27F3N6O/c1-13(16-7-4-8-17(21(16)25)22(26)27)30-23-18-10-20(29-11-19(18)31-14(2)32-23)33-9-5-6-15(12-33)24(34)28-3/h4,7-8,10-11,13,15,22H,5-6,9,12H2,1-3H3,(H,28,34)(H,30,31,32)/t13-,15-/m1/s1. The molecule has 7 nitrogen and oxygen atoms in total. The molecule has 2 atom stereocenters. The predicted octanol–water partition coefficient (Wildman–Crippen LogP) is 4.55. The molecule has 2 aromatic heterocycles. The topological polar surface area (TPSA) is 83.0 Å². The van der Waals surface area contributed by atoms with Crippen LogP contribution in [0.1, 0.15) is 49.2 Å². The van der Waals surface area contributed by atoms with Crippen LogP contribution >= 0.6 is 0 Å². The maximum absolute atomic E-state index is 14.7. The van der Waals surface area contributed by atoms with Gasteiger partial charge in [-0.15, -0.1) is 0 Å². The molecular weight excluding hydrogens is 445 g/mol. The molecule has 0 unspecified atom stereocenters. The Bertz CT molecular complexity index is 1200. The summed E-state index contributed by atoms with van der Waals surface area (Å²) >= 11 is 0. The van der Waals surface area contributed by atoms with Gasteiger partial charge in [0.05, 0.1) is 29.2 Å². The Kier molecular flexibility index (Phi) is 6.85. The quantitative estimate of drug-likeness (QED) is 0.548. The normalized spacial score (nSPS) is 17.1. The summed E-state index contributed by atoms with van der Waals surface area (Å²) in [6, 6.07) is 5.21. The Labute approximate surface area is 195 Å². The fourth-order valence-electron chi connectivity index (χ4n) is 4.38. The summed E-state index contributed by atoms with van der Waals surface area (Å²) < 4.78 is 41.0. The van der Waals surface area contributed by atoms with E-state index in [-0.39, 0.29) is 17.4 Å². The Morgan fingerprint density at radius 3 is 2.74 bits per heavy atom. The molecule has 4 rings (SSSR count). The molecule has 1 aliphatic rings. The third-order valence-corrected chi connectivity index (χ3v) is 6.16. The highest BCUT2D eigenvalue weighted by Gasteiger charge is 2.26. The van der Waals surface area contributed by atoms with E-state index < -0.39 is 23.8 Å². The van der Waals surface area contributed by atoms with Gasteiger partial charge in [0.25, 0.3) is 6.43 Å².